The molecule has 2 unspecified atom stereocenters. The van der Waals surface area contributed by atoms with E-state index in [1.54, 1.807) is 25.4 Å². The third-order valence-electron chi connectivity index (χ3n) is 6.98. The van der Waals surface area contributed by atoms with Gasteiger partial charge >= 0.3 is 5.97 Å². The summed E-state index contributed by atoms with van der Waals surface area (Å²) >= 11 is 0. The number of fused-ring (bicyclic) bond motifs is 2. The molecule has 7 nitrogen and oxygen atoms in total. The molecular weight excluding hydrogens is 456 g/mol. The van der Waals surface area contributed by atoms with Gasteiger partial charge in [0, 0.05) is 40.6 Å². The van der Waals surface area contributed by atoms with Gasteiger partial charge in [0.15, 0.2) is 11.4 Å². The van der Waals surface area contributed by atoms with Gasteiger partial charge in [0.1, 0.15) is 11.3 Å². The summed E-state index contributed by atoms with van der Waals surface area (Å²) in [5.41, 5.74) is 0.954. The number of halogens is 2. The van der Waals surface area contributed by atoms with E-state index in [4.69, 9.17) is 9.47 Å². The number of methoxy groups -OCH3 is 1. The van der Waals surface area contributed by atoms with Crippen LogP contribution in [0.25, 0.3) is 27.5 Å². The van der Waals surface area contributed by atoms with Crippen LogP contribution < -0.4 is 0 Å². The summed E-state index contributed by atoms with van der Waals surface area (Å²) in [6.45, 7) is 5.97. The zero-order valence-electron chi connectivity index (χ0n) is 20.0. The van der Waals surface area contributed by atoms with Crippen LogP contribution in [0.3, 0.4) is 0 Å². The second-order valence-corrected chi connectivity index (χ2v) is 10.1. The Morgan fingerprint density at radius 3 is 2.69 bits per heavy atom. The second kappa shape index (κ2) is 8.13. The maximum absolute atomic E-state index is 16.2. The molecule has 1 fully saturated rings. The number of aliphatic carboxylic acids is 1. The number of hydrogen-bond acceptors (Lipinski definition) is 4. The van der Waals surface area contributed by atoms with Crippen LogP contribution >= 0.6 is 0 Å². The standard InChI is InChI=1S/C26H27F2N3O4/c1-25(2,13-34-4)23-19(15-10-26(3,24(32)33)35-12-15)20-18(9-14-11-29-30-22(14)21(20)28)31(23)17-7-5-16(27)6-8-17/h5-9,11,15H,10,12-13H2,1-4H3,(H,29,30)(H,32,33). The highest BCUT2D eigenvalue weighted by Crippen LogP contribution is 2.48. The third-order valence-corrected chi connectivity index (χ3v) is 6.98. The number of benzene rings is 2. The van der Waals surface area contributed by atoms with Gasteiger partial charge in [0.25, 0.3) is 0 Å². The first-order valence-corrected chi connectivity index (χ1v) is 11.4. The van der Waals surface area contributed by atoms with Crippen molar-refractivity contribution in [3.8, 4) is 5.69 Å². The summed E-state index contributed by atoms with van der Waals surface area (Å²) in [7, 11) is 1.60. The van der Waals surface area contributed by atoms with Crippen LogP contribution in [0.2, 0.25) is 0 Å². The van der Waals surface area contributed by atoms with Crippen molar-refractivity contribution in [2.75, 3.05) is 20.3 Å². The Balaban J connectivity index is 1.91. The van der Waals surface area contributed by atoms with Crippen LogP contribution in [-0.2, 0) is 19.7 Å². The lowest BCUT2D eigenvalue weighted by Gasteiger charge is -2.29. The number of carboxylic acids is 1. The van der Waals surface area contributed by atoms with Crippen LogP contribution in [0, 0.1) is 11.6 Å². The minimum Gasteiger partial charge on any atom is -0.479 e. The summed E-state index contributed by atoms with van der Waals surface area (Å²) in [4.78, 5) is 11.9. The number of carboxylic acid groups (broad SMARTS) is 1. The van der Waals surface area contributed by atoms with Crippen molar-refractivity contribution in [2.45, 2.75) is 44.1 Å². The number of aromatic amines is 1. The molecule has 2 aromatic heterocycles. The fraction of sp³-hybridized carbons (Fsp3) is 0.385. The van der Waals surface area contributed by atoms with Crippen LogP contribution in [0.5, 0.6) is 0 Å². The minimum atomic E-state index is -1.38. The van der Waals surface area contributed by atoms with E-state index in [9.17, 15) is 14.3 Å². The van der Waals surface area contributed by atoms with E-state index in [-0.39, 0.29) is 30.3 Å². The Bertz CT molecular complexity index is 1440. The molecular formula is C26H27F2N3O4. The SMILES string of the molecule is COCC(C)(C)c1c(C2COC(C)(C(=O)O)C2)c2c(F)c3[nH]ncc3cc2n1-c1ccc(F)cc1. The Kier molecular flexibility index (Phi) is 5.45. The van der Waals surface area contributed by atoms with Crippen molar-refractivity contribution < 1.29 is 28.2 Å². The highest BCUT2D eigenvalue weighted by atomic mass is 19.1. The van der Waals surface area contributed by atoms with Crippen LogP contribution in [0.15, 0.2) is 36.5 Å². The molecule has 1 aliphatic heterocycles. The molecule has 1 aliphatic rings. The molecule has 0 spiro atoms. The van der Waals surface area contributed by atoms with Gasteiger partial charge in [-0.15, -0.1) is 0 Å². The van der Waals surface area contributed by atoms with Gasteiger partial charge in [-0.3, -0.25) is 5.10 Å². The van der Waals surface area contributed by atoms with Gasteiger partial charge in [-0.2, -0.15) is 5.10 Å². The maximum atomic E-state index is 16.2. The van der Waals surface area contributed by atoms with Crippen molar-refractivity contribution in [3.63, 3.8) is 0 Å². The summed E-state index contributed by atoms with van der Waals surface area (Å²) < 4.78 is 43.2. The number of ether oxygens (including phenoxy) is 2. The van der Waals surface area contributed by atoms with Crippen molar-refractivity contribution >= 4 is 27.8 Å². The molecule has 184 valence electrons. The summed E-state index contributed by atoms with van der Waals surface area (Å²) in [5, 5.41) is 17.5. The maximum Gasteiger partial charge on any atom is 0.335 e. The summed E-state index contributed by atoms with van der Waals surface area (Å²) in [6.07, 6.45) is 1.74. The highest BCUT2D eigenvalue weighted by molar-refractivity contribution is 6.00. The van der Waals surface area contributed by atoms with E-state index >= 15 is 4.39 Å². The zero-order valence-corrected chi connectivity index (χ0v) is 20.0. The van der Waals surface area contributed by atoms with Crippen molar-refractivity contribution in [3.05, 3.63) is 59.4 Å². The van der Waals surface area contributed by atoms with Gasteiger partial charge in [0.2, 0.25) is 0 Å². The first-order chi connectivity index (χ1) is 16.6. The van der Waals surface area contributed by atoms with E-state index in [1.807, 2.05) is 24.5 Å². The molecule has 9 heteroatoms. The van der Waals surface area contributed by atoms with E-state index in [2.05, 4.69) is 10.2 Å². The average Bonchev–Trinajstić information content (AvgIpc) is 3.51. The molecule has 2 atom stereocenters. The van der Waals surface area contributed by atoms with E-state index in [0.29, 0.717) is 34.1 Å². The fourth-order valence-corrected chi connectivity index (χ4v) is 5.39. The van der Waals surface area contributed by atoms with Crippen LogP contribution in [0.4, 0.5) is 8.78 Å². The molecule has 0 bridgehead atoms. The molecule has 3 heterocycles. The number of H-pyrrole nitrogens is 1. The van der Waals surface area contributed by atoms with E-state index < -0.39 is 22.8 Å². The first kappa shape index (κ1) is 23.4. The average molecular weight is 484 g/mol. The normalized spacial score (nSPS) is 20.8. The lowest BCUT2D eigenvalue weighted by atomic mass is 9.80. The number of hydrogen-bond donors (Lipinski definition) is 2. The minimum absolute atomic E-state index is 0.127. The van der Waals surface area contributed by atoms with Gasteiger partial charge in [-0.25, -0.2) is 13.6 Å². The lowest BCUT2D eigenvalue weighted by molar-refractivity contribution is -0.157. The number of carbonyl (C=O) groups is 1. The molecule has 1 saturated heterocycles. The van der Waals surface area contributed by atoms with Crippen molar-refractivity contribution in [1.29, 1.82) is 0 Å². The molecule has 2 N–H and O–H groups in total. The Morgan fingerprint density at radius 1 is 1.34 bits per heavy atom. The Hall–Kier alpha value is -3.30. The number of nitrogens with one attached hydrogen (secondary N) is 1. The predicted octanol–water partition coefficient (Wildman–Crippen LogP) is 5.06. The Morgan fingerprint density at radius 2 is 2.06 bits per heavy atom. The van der Waals surface area contributed by atoms with Crippen LogP contribution in [-0.4, -0.2) is 51.8 Å². The number of nitrogens with zero attached hydrogens (tertiary/aromatic N) is 2. The molecule has 0 aliphatic carbocycles. The number of aromatic nitrogens is 3. The number of rotatable bonds is 6. The zero-order chi connectivity index (χ0) is 25.1. The fourth-order valence-electron chi connectivity index (χ4n) is 5.39. The Labute approximate surface area is 200 Å². The molecule has 0 amide bonds. The largest absolute Gasteiger partial charge is 0.479 e. The highest BCUT2D eigenvalue weighted by Gasteiger charge is 2.46. The molecule has 0 saturated carbocycles. The summed E-state index contributed by atoms with van der Waals surface area (Å²) in [6, 6.07) is 7.87. The van der Waals surface area contributed by atoms with Gasteiger partial charge in [0.05, 0.1) is 24.9 Å². The van der Waals surface area contributed by atoms with Crippen LogP contribution in [0.1, 0.15) is 44.4 Å². The van der Waals surface area contributed by atoms with Gasteiger partial charge in [-0.05, 0) is 49.2 Å². The van der Waals surface area contributed by atoms with E-state index in [0.717, 1.165) is 5.69 Å². The topological polar surface area (TPSA) is 89.4 Å². The van der Waals surface area contributed by atoms with Crippen molar-refractivity contribution in [2.24, 2.45) is 0 Å². The smallest absolute Gasteiger partial charge is 0.335 e. The molecule has 5 rings (SSSR count). The van der Waals surface area contributed by atoms with Crippen molar-refractivity contribution in [1.82, 2.24) is 14.8 Å². The second-order valence-electron chi connectivity index (χ2n) is 10.1. The van der Waals surface area contributed by atoms with E-state index in [1.165, 1.54) is 19.1 Å². The molecule has 35 heavy (non-hydrogen) atoms. The third kappa shape index (κ3) is 3.61. The van der Waals surface area contributed by atoms with Gasteiger partial charge < -0.3 is 19.1 Å². The molecule has 2 aromatic carbocycles. The monoisotopic (exact) mass is 483 g/mol. The van der Waals surface area contributed by atoms with Gasteiger partial charge in [-0.1, -0.05) is 13.8 Å². The predicted molar refractivity (Wildman–Crippen MR) is 127 cm³/mol. The molecule has 0 radical (unpaired) electrons. The quantitative estimate of drug-likeness (QED) is 0.400. The lowest BCUT2D eigenvalue weighted by Crippen LogP contribution is -2.34. The first-order valence-electron chi connectivity index (χ1n) is 11.4. The summed E-state index contributed by atoms with van der Waals surface area (Å²) in [5.74, 6) is -2.30. The molecule has 4 aromatic rings.